The third-order valence-corrected chi connectivity index (χ3v) is 7.22. The molecule has 1 heterocycles. The van der Waals surface area contributed by atoms with Gasteiger partial charge in [0.2, 0.25) is 0 Å². The summed E-state index contributed by atoms with van der Waals surface area (Å²) in [4.78, 5) is 2.38. The molecule has 4 nitrogen and oxygen atoms in total. The van der Waals surface area contributed by atoms with Gasteiger partial charge in [-0.05, 0) is 89.0 Å². The molecule has 0 saturated carbocycles. The van der Waals surface area contributed by atoms with E-state index in [1.807, 2.05) is 0 Å². The number of allylic oxidation sites excluding steroid dienone is 4. The number of rotatable bonds is 10. The van der Waals surface area contributed by atoms with Gasteiger partial charge in [-0.25, -0.2) is 0 Å². The molecule has 5 atom stereocenters. The Labute approximate surface area is 178 Å². The van der Waals surface area contributed by atoms with Crippen LogP contribution in [0.25, 0.3) is 0 Å². The number of hydrogen-bond donors (Lipinski definition) is 2. The van der Waals surface area contributed by atoms with E-state index in [9.17, 15) is 5.11 Å². The molecule has 166 valence electrons. The van der Waals surface area contributed by atoms with Crippen molar-refractivity contribution in [1.82, 2.24) is 4.90 Å². The van der Waals surface area contributed by atoms with E-state index in [0.29, 0.717) is 12.5 Å². The summed E-state index contributed by atoms with van der Waals surface area (Å²) in [5.41, 5.74) is 8.32. The Morgan fingerprint density at radius 2 is 2.10 bits per heavy atom. The molecule has 3 aliphatic rings. The number of aliphatic hydroxyl groups is 1. The zero-order valence-corrected chi connectivity index (χ0v) is 18.6. The lowest BCUT2D eigenvalue weighted by Gasteiger charge is -2.31. The highest BCUT2D eigenvalue weighted by Crippen LogP contribution is 2.34. The van der Waals surface area contributed by atoms with Crippen LogP contribution in [0.1, 0.15) is 84.0 Å². The van der Waals surface area contributed by atoms with Crippen molar-refractivity contribution in [2.24, 2.45) is 17.6 Å². The fourth-order valence-corrected chi connectivity index (χ4v) is 5.51. The molecule has 0 radical (unpaired) electrons. The summed E-state index contributed by atoms with van der Waals surface area (Å²) in [6.45, 7) is 4.73. The second kappa shape index (κ2) is 12.2. The maximum atomic E-state index is 10.5. The summed E-state index contributed by atoms with van der Waals surface area (Å²) >= 11 is 0. The molecule has 0 spiro atoms. The van der Waals surface area contributed by atoms with Crippen LogP contribution < -0.4 is 5.73 Å². The minimum Gasteiger partial charge on any atom is -0.367 e. The number of unbranched alkanes of at least 4 members (excludes halogenated alkanes) is 1. The van der Waals surface area contributed by atoms with Gasteiger partial charge in [0.05, 0.1) is 6.04 Å². The maximum Gasteiger partial charge on any atom is 0.170 e. The number of aliphatic hydroxyl groups excluding tert-OH is 1. The normalized spacial score (nSPS) is 30.7. The summed E-state index contributed by atoms with van der Waals surface area (Å²) in [5.74, 6) is 1.51. The summed E-state index contributed by atoms with van der Waals surface area (Å²) in [5, 5.41) is 10.5. The predicted molar refractivity (Wildman–Crippen MR) is 121 cm³/mol. The SMILES string of the molecule is CCCCO[C@@H](O)C1CCCN1C[C@@H](N)CC1CC=C(C2CC=CCC2)CCC1. The summed E-state index contributed by atoms with van der Waals surface area (Å²) in [6.07, 6.45) is 20.9. The average Bonchev–Trinajstić information content (AvgIpc) is 3.06. The van der Waals surface area contributed by atoms with Crippen LogP contribution in [0, 0.1) is 11.8 Å². The third-order valence-electron chi connectivity index (χ3n) is 7.22. The Morgan fingerprint density at radius 1 is 1.21 bits per heavy atom. The number of nitrogens with two attached hydrogens (primary N) is 1. The Balaban J connectivity index is 1.44. The number of likely N-dealkylation sites (tertiary alicyclic amines) is 1. The molecule has 0 aromatic heterocycles. The van der Waals surface area contributed by atoms with Crippen molar-refractivity contribution in [2.45, 2.75) is 102 Å². The van der Waals surface area contributed by atoms with Crippen LogP contribution in [-0.4, -0.2) is 48.1 Å². The zero-order valence-electron chi connectivity index (χ0n) is 18.6. The summed E-state index contributed by atoms with van der Waals surface area (Å²) in [6, 6.07) is 0.314. The fourth-order valence-electron chi connectivity index (χ4n) is 5.51. The molecule has 0 amide bonds. The van der Waals surface area contributed by atoms with Crippen LogP contribution in [0.5, 0.6) is 0 Å². The Kier molecular flexibility index (Phi) is 9.71. The van der Waals surface area contributed by atoms with E-state index in [1.165, 1.54) is 44.9 Å². The van der Waals surface area contributed by atoms with Crippen molar-refractivity contribution in [1.29, 1.82) is 0 Å². The first-order valence-electron chi connectivity index (χ1n) is 12.3. The molecule has 3 N–H and O–H groups in total. The Bertz CT molecular complexity index is 533. The van der Waals surface area contributed by atoms with Crippen molar-refractivity contribution in [3.8, 4) is 0 Å². The smallest absolute Gasteiger partial charge is 0.170 e. The topological polar surface area (TPSA) is 58.7 Å². The molecular weight excluding hydrogens is 360 g/mol. The van der Waals surface area contributed by atoms with Gasteiger partial charge in [0, 0.05) is 19.2 Å². The zero-order chi connectivity index (χ0) is 20.5. The van der Waals surface area contributed by atoms with E-state index < -0.39 is 6.29 Å². The van der Waals surface area contributed by atoms with Crippen molar-refractivity contribution >= 4 is 0 Å². The standard InChI is InChI=1S/C25H44N2O2/c1-2-3-17-29-25(28)24-13-8-16-27(24)19-23(26)18-20-9-7-12-22(15-14-20)21-10-5-4-6-11-21/h4-5,15,20-21,23-25,28H,2-3,6-14,16-19,26H2,1H3/t20?,21?,23-,24?,25+/m0/s1. The highest BCUT2D eigenvalue weighted by atomic mass is 16.6. The number of hydrogen-bond acceptors (Lipinski definition) is 4. The van der Waals surface area contributed by atoms with Crippen molar-refractivity contribution < 1.29 is 9.84 Å². The Hall–Kier alpha value is -0.680. The first kappa shape index (κ1) is 23.0. The van der Waals surface area contributed by atoms with E-state index in [-0.39, 0.29) is 12.1 Å². The molecule has 3 unspecified atom stereocenters. The van der Waals surface area contributed by atoms with Crippen LogP contribution in [0.4, 0.5) is 0 Å². The molecule has 0 aromatic rings. The van der Waals surface area contributed by atoms with Gasteiger partial charge in [0.1, 0.15) is 0 Å². The van der Waals surface area contributed by atoms with Crippen LogP contribution in [0.2, 0.25) is 0 Å². The Morgan fingerprint density at radius 3 is 2.90 bits per heavy atom. The molecule has 3 rings (SSSR count). The molecule has 4 heteroatoms. The van der Waals surface area contributed by atoms with Gasteiger partial charge in [-0.15, -0.1) is 0 Å². The quantitative estimate of drug-likeness (QED) is 0.313. The molecule has 1 fully saturated rings. The molecule has 0 aromatic carbocycles. The lowest BCUT2D eigenvalue weighted by atomic mass is 9.85. The predicted octanol–water partition coefficient (Wildman–Crippen LogP) is 4.78. The van der Waals surface area contributed by atoms with Crippen LogP contribution >= 0.6 is 0 Å². The van der Waals surface area contributed by atoms with Crippen LogP contribution in [-0.2, 0) is 4.74 Å². The second-order valence-electron chi connectivity index (χ2n) is 9.57. The molecule has 2 aliphatic carbocycles. The molecule has 1 aliphatic heterocycles. The lowest BCUT2D eigenvalue weighted by Crippen LogP contribution is -2.46. The van der Waals surface area contributed by atoms with Gasteiger partial charge in [-0.1, -0.05) is 37.1 Å². The lowest BCUT2D eigenvalue weighted by molar-refractivity contribution is -0.138. The highest BCUT2D eigenvalue weighted by molar-refractivity contribution is 5.13. The largest absolute Gasteiger partial charge is 0.367 e. The van der Waals surface area contributed by atoms with Gasteiger partial charge in [-0.3, -0.25) is 4.90 Å². The summed E-state index contributed by atoms with van der Waals surface area (Å²) < 4.78 is 5.67. The second-order valence-corrected chi connectivity index (χ2v) is 9.57. The van der Waals surface area contributed by atoms with Gasteiger partial charge >= 0.3 is 0 Å². The van der Waals surface area contributed by atoms with Crippen molar-refractivity contribution in [3.63, 3.8) is 0 Å². The number of ether oxygens (including phenoxy) is 1. The van der Waals surface area contributed by atoms with E-state index in [1.54, 1.807) is 5.57 Å². The van der Waals surface area contributed by atoms with Gasteiger partial charge in [0.25, 0.3) is 0 Å². The average molecular weight is 405 g/mol. The van der Waals surface area contributed by atoms with E-state index in [4.69, 9.17) is 10.5 Å². The minimum absolute atomic E-state index is 0.123. The first-order valence-corrected chi connectivity index (χ1v) is 12.3. The van der Waals surface area contributed by atoms with E-state index in [0.717, 1.165) is 51.1 Å². The van der Waals surface area contributed by atoms with Crippen molar-refractivity contribution in [3.05, 3.63) is 23.8 Å². The van der Waals surface area contributed by atoms with Crippen molar-refractivity contribution in [2.75, 3.05) is 19.7 Å². The number of nitrogens with zero attached hydrogens (tertiary/aromatic N) is 1. The van der Waals surface area contributed by atoms with Gasteiger partial charge in [-0.2, -0.15) is 0 Å². The van der Waals surface area contributed by atoms with Crippen LogP contribution in [0.15, 0.2) is 23.8 Å². The molecule has 29 heavy (non-hydrogen) atoms. The molecule has 0 bridgehead atoms. The molecular formula is C25H44N2O2. The van der Waals surface area contributed by atoms with Gasteiger partial charge < -0.3 is 15.6 Å². The minimum atomic E-state index is -0.663. The first-order chi connectivity index (χ1) is 14.2. The highest BCUT2D eigenvalue weighted by Gasteiger charge is 2.32. The fraction of sp³-hybridized carbons (Fsp3) is 0.840. The summed E-state index contributed by atoms with van der Waals surface area (Å²) in [7, 11) is 0. The third kappa shape index (κ3) is 7.20. The van der Waals surface area contributed by atoms with Gasteiger partial charge in [0.15, 0.2) is 6.29 Å². The van der Waals surface area contributed by atoms with Crippen LogP contribution in [0.3, 0.4) is 0 Å². The monoisotopic (exact) mass is 404 g/mol. The van der Waals surface area contributed by atoms with E-state index in [2.05, 4.69) is 30.1 Å². The molecule has 1 saturated heterocycles. The maximum absolute atomic E-state index is 10.5. The van der Waals surface area contributed by atoms with E-state index >= 15 is 0 Å².